The predicted octanol–water partition coefficient (Wildman–Crippen LogP) is 0.719. The summed E-state index contributed by atoms with van der Waals surface area (Å²) in [4.78, 5) is 3.84. The first kappa shape index (κ1) is 9.16. The lowest BCUT2D eigenvalue weighted by atomic mass is 10.1. The maximum atomic E-state index is 8.54. The quantitative estimate of drug-likeness (QED) is 0.692. The van der Waals surface area contributed by atoms with Crippen LogP contribution in [0.2, 0.25) is 0 Å². The predicted molar refractivity (Wildman–Crippen MR) is 48.3 cm³/mol. The Balaban J connectivity index is 1.93. The molecule has 1 aromatic heterocycles. The molecule has 0 spiro atoms. The third kappa shape index (κ3) is 2.09. The SMILES string of the molecule is N#Cc1ncn(CC2CCCCO2)n1. The van der Waals surface area contributed by atoms with E-state index in [2.05, 4.69) is 10.1 Å². The van der Waals surface area contributed by atoms with Crippen molar-refractivity contribution in [3.05, 3.63) is 12.2 Å². The van der Waals surface area contributed by atoms with E-state index in [-0.39, 0.29) is 11.9 Å². The second-order valence-electron chi connectivity index (χ2n) is 3.39. The smallest absolute Gasteiger partial charge is 0.252 e. The van der Waals surface area contributed by atoms with Gasteiger partial charge in [-0.3, -0.25) is 0 Å². The lowest BCUT2D eigenvalue weighted by Gasteiger charge is -2.21. The summed E-state index contributed by atoms with van der Waals surface area (Å²) in [7, 11) is 0. The zero-order valence-corrected chi connectivity index (χ0v) is 7.89. The minimum Gasteiger partial charge on any atom is -0.376 e. The number of hydrogen-bond donors (Lipinski definition) is 0. The largest absolute Gasteiger partial charge is 0.376 e. The molecule has 0 aliphatic carbocycles. The maximum Gasteiger partial charge on any atom is 0.252 e. The summed E-state index contributed by atoms with van der Waals surface area (Å²) < 4.78 is 7.23. The van der Waals surface area contributed by atoms with E-state index in [1.165, 1.54) is 6.42 Å². The first-order valence-electron chi connectivity index (χ1n) is 4.79. The summed E-state index contributed by atoms with van der Waals surface area (Å²) in [5, 5.41) is 12.5. The molecule has 1 fully saturated rings. The fraction of sp³-hybridized carbons (Fsp3) is 0.667. The van der Waals surface area contributed by atoms with Crippen LogP contribution >= 0.6 is 0 Å². The lowest BCUT2D eigenvalue weighted by molar-refractivity contribution is 0.00392. The van der Waals surface area contributed by atoms with Gasteiger partial charge in [-0.25, -0.2) is 9.67 Å². The number of nitriles is 1. The van der Waals surface area contributed by atoms with Crippen LogP contribution in [0.1, 0.15) is 25.1 Å². The molecule has 1 saturated heterocycles. The van der Waals surface area contributed by atoms with Crippen molar-refractivity contribution >= 4 is 0 Å². The monoisotopic (exact) mass is 192 g/mol. The molecule has 5 heteroatoms. The molecule has 74 valence electrons. The molecule has 0 bridgehead atoms. The van der Waals surface area contributed by atoms with Crippen molar-refractivity contribution in [2.24, 2.45) is 0 Å². The van der Waals surface area contributed by atoms with Gasteiger partial charge in [0, 0.05) is 6.61 Å². The van der Waals surface area contributed by atoms with Gasteiger partial charge in [0.1, 0.15) is 12.4 Å². The summed E-state index contributed by atoms with van der Waals surface area (Å²) in [6.07, 6.45) is 5.25. The number of rotatable bonds is 2. The third-order valence-electron chi connectivity index (χ3n) is 2.30. The van der Waals surface area contributed by atoms with Crippen LogP contribution in [0.4, 0.5) is 0 Å². The fourth-order valence-corrected chi connectivity index (χ4v) is 1.59. The van der Waals surface area contributed by atoms with Gasteiger partial charge < -0.3 is 4.74 Å². The normalized spacial score (nSPS) is 21.8. The van der Waals surface area contributed by atoms with Gasteiger partial charge >= 0.3 is 0 Å². The Hall–Kier alpha value is -1.41. The third-order valence-corrected chi connectivity index (χ3v) is 2.30. The van der Waals surface area contributed by atoms with Gasteiger partial charge in [0.05, 0.1) is 12.6 Å². The van der Waals surface area contributed by atoms with Gasteiger partial charge in [-0.1, -0.05) is 0 Å². The molecule has 1 atom stereocenters. The van der Waals surface area contributed by atoms with E-state index < -0.39 is 0 Å². The molecule has 1 aromatic rings. The van der Waals surface area contributed by atoms with Crippen molar-refractivity contribution in [1.82, 2.24) is 14.8 Å². The Morgan fingerprint density at radius 3 is 3.21 bits per heavy atom. The zero-order valence-electron chi connectivity index (χ0n) is 7.89. The molecule has 2 heterocycles. The number of ether oxygens (including phenoxy) is 1. The van der Waals surface area contributed by atoms with Crippen LogP contribution in [-0.4, -0.2) is 27.5 Å². The molecular formula is C9H12N4O. The number of nitrogens with zero attached hydrogens (tertiary/aromatic N) is 4. The minimum absolute atomic E-state index is 0.223. The van der Waals surface area contributed by atoms with Gasteiger partial charge in [-0.2, -0.15) is 5.26 Å². The average molecular weight is 192 g/mol. The minimum atomic E-state index is 0.223. The van der Waals surface area contributed by atoms with Crippen LogP contribution in [0.15, 0.2) is 6.33 Å². The van der Waals surface area contributed by atoms with Gasteiger partial charge in [0.25, 0.3) is 5.82 Å². The molecule has 0 radical (unpaired) electrons. The Bertz CT molecular complexity index is 335. The van der Waals surface area contributed by atoms with Crippen LogP contribution in [0.25, 0.3) is 0 Å². The first-order chi connectivity index (χ1) is 6.88. The van der Waals surface area contributed by atoms with E-state index in [0.29, 0.717) is 6.54 Å². The van der Waals surface area contributed by atoms with Gasteiger partial charge in [0.15, 0.2) is 0 Å². The molecule has 1 aliphatic rings. The Morgan fingerprint density at radius 2 is 2.57 bits per heavy atom. The van der Waals surface area contributed by atoms with E-state index in [1.807, 2.05) is 6.07 Å². The number of aromatic nitrogens is 3. The summed E-state index contributed by atoms with van der Waals surface area (Å²) >= 11 is 0. The van der Waals surface area contributed by atoms with Crippen molar-refractivity contribution in [2.75, 3.05) is 6.61 Å². The molecule has 0 N–H and O–H groups in total. The van der Waals surface area contributed by atoms with Crippen LogP contribution in [0.3, 0.4) is 0 Å². The molecular weight excluding hydrogens is 180 g/mol. The Labute approximate surface area is 82.3 Å². The molecule has 1 unspecified atom stereocenters. The molecule has 1 aliphatic heterocycles. The van der Waals surface area contributed by atoms with Crippen molar-refractivity contribution in [2.45, 2.75) is 31.9 Å². The van der Waals surface area contributed by atoms with Gasteiger partial charge in [-0.15, -0.1) is 5.10 Å². The molecule has 5 nitrogen and oxygen atoms in total. The topological polar surface area (TPSA) is 63.7 Å². The summed E-state index contributed by atoms with van der Waals surface area (Å²) in [6.45, 7) is 1.54. The molecule has 0 aromatic carbocycles. The zero-order chi connectivity index (χ0) is 9.80. The standard InChI is InChI=1S/C9H12N4O/c10-5-9-11-7-13(12-9)6-8-3-1-2-4-14-8/h7-8H,1-4,6H2. The van der Waals surface area contributed by atoms with Crippen LogP contribution in [0, 0.1) is 11.3 Å². The van der Waals surface area contributed by atoms with Crippen LogP contribution in [-0.2, 0) is 11.3 Å². The van der Waals surface area contributed by atoms with E-state index in [0.717, 1.165) is 19.4 Å². The van der Waals surface area contributed by atoms with Crippen molar-refractivity contribution < 1.29 is 4.74 Å². The average Bonchev–Trinajstić information content (AvgIpc) is 2.67. The second-order valence-corrected chi connectivity index (χ2v) is 3.39. The van der Waals surface area contributed by atoms with E-state index in [4.69, 9.17) is 10.00 Å². The van der Waals surface area contributed by atoms with E-state index >= 15 is 0 Å². The van der Waals surface area contributed by atoms with Crippen molar-refractivity contribution in [3.63, 3.8) is 0 Å². The fourth-order valence-electron chi connectivity index (χ4n) is 1.59. The van der Waals surface area contributed by atoms with Gasteiger partial charge in [-0.05, 0) is 19.3 Å². The van der Waals surface area contributed by atoms with E-state index in [9.17, 15) is 0 Å². The highest BCUT2D eigenvalue weighted by Gasteiger charge is 2.14. The Morgan fingerprint density at radius 1 is 1.64 bits per heavy atom. The highest BCUT2D eigenvalue weighted by atomic mass is 16.5. The second kappa shape index (κ2) is 4.20. The summed E-state index contributed by atoms with van der Waals surface area (Å²) in [5.74, 6) is 0.223. The van der Waals surface area contributed by atoms with E-state index in [1.54, 1.807) is 11.0 Å². The summed E-state index contributed by atoms with van der Waals surface area (Å²) in [5.41, 5.74) is 0. The first-order valence-corrected chi connectivity index (χ1v) is 4.79. The van der Waals surface area contributed by atoms with Crippen LogP contribution in [0.5, 0.6) is 0 Å². The molecule has 2 rings (SSSR count). The summed E-state index contributed by atoms with van der Waals surface area (Å²) in [6, 6.07) is 1.90. The molecule has 0 saturated carbocycles. The highest BCUT2D eigenvalue weighted by Crippen LogP contribution is 2.13. The van der Waals surface area contributed by atoms with Gasteiger partial charge in [0.2, 0.25) is 0 Å². The van der Waals surface area contributed by atoms with Crippen LogP contribution < -0.4 is 0 Å². The lowest BCUT2D eigenvalue weighted by Crippen LogP contribution is -2.24. The molecule has 14 heavy (non-hydrogen) atoms. The van der Waals surface area contributed by atoms with Crippen molar-refractivity contribution in [3.8, 4) is 6.07 Å². The van der Waals surface area contributed by atoms with Crippen molar-refractivity contribution in [1.29, 1.82) is 5.26 Å². The highest BCUT2D eigenvalue weighted by molar-refractivity contribution is 5.05. The molecule has 0 amide bonds. The maximum absolute atomic E-state index is 8.54. The number of hydrogen-bond acceptors (Lipinski definition) is 4. The Kier molecular flexibility index (Phi) is 2.75.